The van der Waals surface area contributed by atoms with Crippen molar-refractivity contribution >= 4 is 9.84 Å². The molecule has 1 heterocycles. The van der Waals surface area contributed by atoms with Crippen molar-refractivity contribution in [1.82, 2.24) is 5.32 Å². The molecule has 1 fully saturated rings. The third-order valence-electron chi connectivity index (χ3n) is 2.51. The molecule has 13 heavy (non-hydrogen) atoms. The van der Waals surface area contributed by atoms with Gasteiger partial charge in [0, 0.05) is 5.75 Å². The third kappa shape index (κ3) is 4.09. The van der Waals surface area contributed by atoms with Crippen molar-refractivity contribution < 1.29 is 8.42 Å². The van der Waals surface area contributed by atoms with E-state index >= 15 is 0 Å². The van der Waals surface area contributed by atoms with Crippen molar-refractivity contribution in [3.8, 4) is 0 Å². The van der Waals surface area contributed by atoms with Crippen LogP contribution in [0.4, 0.5) is 0 Å². The molecule has 0 aromatic rings. The van der Waals surface area contributed by atoms with E-state index in [0.29, 0.717) is 17.4 Å². The maximum absolute atomic E-state index is 11.4. The van der Waals surface area contributed by atoms with Gasteiger partial charge < -0.3 is 5.32 Å². The van der Waals surface area contributed by atoms with E-state index in [1.165, 1.54) is 0 Å². The first kappa shape index (κ1) is 11.0. The highest BCUT2D eigenvalue weighted by molar-refractivity contribution is 7.91. The average molecular weight is 205 g/mol. The van der Waals surface area contributed by atoms with Gasteiger partial charge in [-0.2, -0.15) is 0 Å². The van der Waals surface area contributed by atoms with E-state index in [1.54, 1.807) is 0 Å². The van der Waals surface area contributed by atoms with Crippen LogP contribution < -0.4 is 5.32 Å². The Bertz CT molecular complexity index is 230. The molecule has 0 aromatic heterocycles. The quantitative estimate of drug-likeness (QED) is 0.722. The van der Waals surface area contributed by atoms with Gasteiger partial charge >= 0.3 is 0 Å². The van der Waals surface area contributed by atoms with E-state index in [0.717, 1.165) is 32.4 Å². The Kier molecular flexibility index (Phi) is 4.19. The van der Waals surface area contributed by atoms with Crippen LogP contribution in [0.5, 0.6) is 0 Å². The maximum atomic E-state index is 11.4. The van der Waals surface area contributed by atoms with Crippen LogP contribution in [0.1, 0.15) is 26.2 Å². The van der Waals surface area contributed by atoms with Crippen LogP contribution in [0.3, 0.4) is 0 Å². The summed E-state index contributed by atoms with van der Waals surface area (Å²) in [6, 6.07) is 0. The molecule has 0 amide bonds. The van der Waals surface area contributed by atoms with Gasteiger partial charge in [-0.1, -0.05) is 6.92 Å². The second-order valence-corrected chi connectivity index (χ2v) is 6.10. The number of rotatable bonds is 5. The zero-order valence-electron chi connectivity index (χ0n) is 8.25. The van der Waals surface area contributed by atoms with Gasteiger partial charge in [0.05, 0.1) is 5.75 Å². The summed E-state index contributed by atoms with van der Waals surface area (Å²) in [4.78, 5) is 0. The second kappa shape index (κ2) is 4.96. The van der Waals surface area contributed by atoms with E-state index in [-0.39, 0.29) is 0 Å². The van der Waals surface area contributed by atoms with Crippen molar-refractivity contribution in [2.75, 3.05) is 24.6 Å². The monoisotopic (exact) mass is 205 g/mol. The summed E-state index contributed by atoms with van der Waals surface area (Å²) in [5, 5.41) is 3.25. The summed E-state index contributed by atoms with van der Waals surface area (Å²) in [5.41, 5.74) is 0. The molecule has 1 atom stereocenters. The van der Waals surface area contributed by atoms with E-state index in [1.807, 2.05) is 6.92 Å². The van der Waals surface area contributed by atoms with E-state index in [9.17, 15) is 8.42 Å². The minimum Gasteiger partial charge on any atom is -0.316 e. The summed E-state index contributed by atoms with van der Waals surface area (Å²) in [7, 11) is -2.75. The van der Waals surface area contributed by atoms with Gasteiger partial charge in [-0.25, -0.2) is 8.42 Å². The Morgan fingerprint density at radius 3 is 2.69 bits per heavy atom. The zero-order chi connectivity index (χ0) is 9.73. The molecule has 78 valence electrons. The molecule has 0 aliphatic carbocycles. The normalized spacial score (nSPS) is 23.6. The van der Waals surface area contributed by atoms with E-state index in [2.05, 4.69) is 5.32 Å². The van der Waals surface area contributed by atoms with Crippen LogP contribution >= 0.6 is 0 Å². The Labute approximate surface area is 80.8 Å². The average Bonchev–Trinajstić information content (AvgIpc) is 2.52. The SMILES string of the molecule is CCCS(=O)(=O)CCC1CCNC1. The predicted molar refractivity (Wildman–Crippen MR) is 54.5 cm³/mol. The first-order chi connectivity index (χ1) is 6.14. The lowest BCUT2D eigenvalue weighted by Gasteiger charge is -2.07. The third-order valence-corrected chi connectivity index (χ3v) is 4.40. The molecule has 1 N–H and O–H groups in total. The number of hydrogen-bond donors (Lipinski definition) is 1. The van der Waals surface area contributed by atoms with Crippen LogP contribution in [-0.4, -0.2) is 33.0 Å². The fourth-order valence-electron chi connectivity index (χ4n) is 1.72. The van der Waals surface area contributed by atoms with Crippen molar-refractivity contribution in [1.29, 1.82) is 0 Å². The Morgan fingerprint density at radius 2 is 2.15 bits per heavy atom. The van der Waals surface area contributed by atoms with Gasteiger partial charge in [-0.15, -0.1) is 0 Å². The fourth-order valence-corrected chi connectivity index (χ4v) is 3.24. The van der Waals surface area contributed by atoms with Crippen LogP contribution in [0.2, 0.25) is 0 Å². The molecule has 0 bridgehead atoms. The largest absolute Gasteiger partial charge is 0.316 e. The van der Waals surface area contributed by atoms with Crippen LogP contribution in [0.15, 0.2) is 0 Å². The van der Waals surface area contributed by atoms with Crippen LogP contribution in [0, 0.1) is 5.92 Å². The molecule has 1 rings (SSSR count). The van der Waals surface area contributed by atoms with Crippen LogP contribution in [-0.2, 0) is 9.84 Å². The van der Waals surface area contributed by atoms with Gasteiger partial charge in [0.25, 0.3) is 0 Å². The second-order valence-electron chi connectivity index (χ2n) is 3.80. The molecular weight excluding hydrogens is 186 g/mol. The minimum atomic E-state index is -2.75. The number of sulfone groups is 1. The predicted octanol–water partition coefficient (Wildman–Crippen LogP) is 0.811. The highest BCUT2D eigenvalue weighted by Gasteiger charge is 2.17. The van der Waals surface area contributed by atoms with Crippen molar-refractivity contribution in [2.24, 2.45) is 5.92 Å². The Balaban J connectivity index is 2.24. The van der Waals surface area contributed by atoms with Gasteiger partial charge in [0.15, 0.2) is 0 Å². The standard InChI is InChI=1S/C9H19NO2S/c1-2-6-13(11,12)7-4-9-3-5-10-8-9/h9-10H,2-8H2,1H3. The minimum absolute atomic E-state index is 0.354. The number of nitrogens with one attached hydrogen (secondary N) is 1. The zero-order valence-corrected chi connectivity index (χ0v) is 9.07. The molecule has 3 nitrogen and oxygen atoms in total. The molecule has 1 aliphatic rings. The highest BCUT2D eigenvalue weighted by Crippen LogP contribution is 2.13. The summed E-state index contributed by atoms with van der Waals surface area (Å²) in [5.74, 6) is 1.33. The molecule has 1 aliphatic heterocycles. The molecule has 0 spiro atoms. The van der Waals surface area contributed by atoms with Gasteiger partial charge in [-0.3, -0.25) is 0 Å². The van der Waals surface area contributed by atoms with Crippen molar-refractivity contribution in [3.05, 3.63) is 0 Å². The van der Waals surface area contributed by atoms with Crippen molar-refractivity contribution in [2.45, 2.75) is 26.2 Å². The van der Waals surface area contributed by atoms with E-state index in [4.69, 9.17) is 0 Å². The summed E-state index contributed by atoms with van der Waals surface area (Å²) >= 11 is 0. The first-order valence-corrected chi connectivity index (χ1v) is 6.87. The molecule has 4 heteroatoms. The topological polar surface area (TPSA) is 46.2 Å². The smallest absolute Gasteiger partial charge is 0.150 e. The summed E-state index contributed by atoms with van der Waals surface area (Å²) in [6.07, 6.45) is 2.72. The first-order valence-electron chi connectivity index (χ1n) is 5.05. The maximum Gasteiger partial charge on any atom is 0.150 e. The number of hydrogen-bond acceptors (Lipinski definition) is 3. The van der Waals surface area contributed by atoms with Gasteiger partial charge in [0.1, 0.15) is 9.84 Å². The molecule has 0 radical (unpaired) electrons. The summed E-state index contributed by atoms with van der Waals surface area (Å²) in [6.45, 7) is 3.97. The summed E-state index contributed by atoms with van der Waals surface area (Å²) < 4.78 is 22.7. The lowest BCUT2D eigenvalue weighted by molar-refractivity contribution is 0.545. The highest BCUT2D eigenvalue weighted by atomic mass is 32.2. The van der Waals surface area contributed by atoms with Gasteiger partial charge in [0.2, 0.25) is 0 Å². The Hall–Kier alpha value is -0.0900. The van der Waals surface area contributed by atoms with E-state index < -0.39 is 9.84 Å². The lowest BCUT2D eigenvalue weighted by Crippen LogP contribution is -2.16. The molecular formula is C9H19NO2S. The molecule has 1 saturated heterocycles. The molecule has 0 aromatic carbocycles. The molecule has 0 saturated carbocycles. The Morgan fingerprint density at radius 1 is 1.38 bits per heavy atom. The fraction of sp³-hybridized carbons (Fsp3) is 1.00. The van der Waals surface area contributed by atoms with Crippen molar-refractivity contribution in [3.63, 3.8) is 0 Å². The molecule has 1 unspecified atom stereocenters. The lowest BCUT2D eigenvalue weighted by atomic mass is 10.1. The van der Waals surface area contributed by atoms with Gasteiger partial charge in [-0.05, 0) is 38.3 Å². The van der Waals surface area contributed by atoms with Crippen LogP contribution in [0.25, 0.3) is 0 Å².